The van der Waals surface area contributed by atoms with Gasteiger partial charge in [-0.2, -0.15) is 0 Å². The molecule has 22 heavy (non-hydrogen) atoms. The maximum Gasteiger partial charge on any atom is 0.306 e. The molecule has 0 aliphatic rings. The predicted octanol–water partition coefficient (Wildman–Crippen LogP) is 3.53. The molecule has 0 aliphatic carbocycles. The Labute approximate surface area is 132 Å². The molecule has 0 amide bonds. The largest absolute Gasteiger partial charge is 0.454 e. The highest BCUT2D eigenvalue weighted by atomic mass is 32.1. The summed E-state index contributed by atoms with van der Waals surface area (Å²) in [6.45, 7) is 1.54. The summed E-state index contributed by atoms with van der Waals surface area (Å²) in [5.41, 5.74) is 0.498. The number of benzene rings is 1. The Hall–Kier alpha value is -2.27. The first kappa shape index (κ1) is 16.1. The maximum absolute atomic E-state index is 12.1. The lowest BCUT2D eigenvalue weighted by atomic mass is 10.1. The van der Waals surface area contributed by atoms with Gasteiger partial charge in [-0.05, 0) is 18.4 Å². The van der Waals surface area contributed by atoms with Gasteiger partial charge < -0.3 is 4.74 Å². The number of hydrogen-bond donors (Lipinski definition) is 0. The van der Waals surface area contributed by atoms with Gasteiger partial charge in [-0.1, -0.05) is 36.4 Å². The van der Waals surface area contributed by atoms with Gasteiger partial charge >= 0.3 is 5.97 Å². The van der Waals surface area contributed by atoms with Crippen molar-refractivity contribution in [1.82, 2.24) is 0 Å². The van der Waals surface area contributed by atoms with Crippen LogP contribution in [0.15, 0.2) is 47.8 Å². The van der Waals surface area contributed by atoms with Crippen molar-refractivity contribution in [2.24, 2.45) is 0 Å². The van der Waals surface area contributed by atoms with Gasteiger partial charge in [0, 0.05) is 12.0 Å². The van der Waals surface area contributed by atoms with E-state index in [0.717, 1.165) is 0 Å². The van der Waals surface area contributed by atoms with Crippen LogP contribution in [-0.4, -0.2) is 23.6 Å². The number of carbonyl (C=O) groups excluding carboxylic acids is 3. The van der Waals surface area contributed by atoms with E-state index in [1.165, 1.54) is 18.3 Å². The summed E-state index contributed by atoms with van der Waals surface area (Å²) in [5.74, 6) is -0.880. The smallest absolute Gasteiger partial charge is 0.306 e. The van der Waals surface area contributed by atoms with Gasteiger partial charge in [0.05, 0.1) is 11.3 Å². The van der Waals surface area contributed by atoms with Crippen LogP contribution < -0.4 is 0 Å². The number of hydrogen-bond acceptors (Lipinski definition) is 5. The van der Waals surface area contributed by atoms with Crippen molar-refractivity contribution in [2.75, 3.05) is 0 Å². The Morgan fingerprint density at radius 3 is 2.41 bits per heavy atom. The zero-order valence-electron chi connectivity index (χ0n) is 12.2. The molecule has 0 N–H and O–H groups in total. The molecule has 0 saturated heterocycles. The topological polar surface area (TPSA) is 60.4 Å². The average Bonchev–Trinajstić information content (AvgIpc) is 3.07. The van der Waals surface area contributed by atoms with E-state index in [1.807, 2.05) is 11.4 Å². The Bertz CT molecular complexity index is 647. The summed E-state index contributed by atoms with van der Waals surface area (Å²) >= 11 is 1.34. The van der Waals surface area contributed by atoms with Crippen molar-refractivity contribution in [2.45, 2.75) is 25.9 Å². The highest BCUT2D eigenvalue weighted by Gasteiger charge is 2.20. The number of ether oxygens (including phenoxy) is 1. The second kappa shape index (κ2) is 7.66. The predicted molar refractivity (Wildman–Crippen MR) is 84.2 cm³/mol. The first-order valence-corrected chi connectivity index (χ1v) is 7.81. The molecule has 4 nitrogen and oxygen atoms in total. The third kappa shape index (κ3) is 4.36. The summed E-state index contributed by atoms with van der Waals surface area (Å²) in [4.78, 5) is 36.2. The van der Waals surface area contributed by atoms with Crippen LogP contribution >= 0.6 is 11.3 Å². The quantitative estimate of drug-likeness (QED) is 0.579. The number of thiophene rings is 1. The lowest BCUT2D eigenvalue weighted by molar-refractivity contribution is -0.146. The fourth-order valence-electron chi connectivity index (χ4n) is 1.92. The van der Waals surface area contributed by atoms with Crippen molar-refractivity contribution in [3.8, 4) is 0 Å². The molecule has 1 heterocycles. The molecule has 0 radical (unpaired) electrons. The van der Waals surface area contributed by atoms with E-state index < -0.39 is 12.1 Å². The van der Waals surface area contributed by atoms with Crippen molar-refractivity contribution >= 4 is 28.9 Å². The number of Topliss-reactive ketones (excluding diaryl/α,β-unsaturated/α-hetero) is 2. The monoisotopic (exact) mass is 316 g/mol. The molecule has 1 aromatic heterocycles. The number of rotatable bonds is 7. The second-order valence-corrected chi connectivity index (χ2v) is 5.71. The molecule has 5 heteroatoms. The molecule has 2 aromatic rings. The first-order valence-electron chi connectivity index (χ1n) is 6.93. The SMILES string of the molecule is CC(OC(=O)CCC(=O)c1cccs1)C(=O)c1ccccc1. The average molecular weight is 316 g/mol. The van der Waals surface area contributed by atoms with Crippen molar-refractivity contribution < 1.29 is 19.1 Å². The molecule has 0 aliphatic heterocycles. The third-order valence-electron chi connectivity index (χ3n) is 3.09. The summed E-state index contributed by atoms with van der Waals surface area (Å²) in [5, 5.41) is 1.81. The number of esters is 1. The third-order valence-corrected chi connectivity index (χ3v) is 4.00. The van der Waals surface area contributed by atoms with Gasteiger partial charge in [-0.15, -0.1) is 11.3 Å². The van der Waals surface area contributed by atoms with Gasteiger partial charge in [0.15, 0.2) is 11.9 Å². The van der Waals surface area contributed by atoms with Gasteiger partial charge in [0.25, 0.3) is 0 Å². The van der Waals surface area contributed by atoms with E-state index in [2.05, 4.69) is 0 Å². The highest BCUT2D eigenvalue weighted by Crippen LogP contribution is 2.13. The molecule has 0 bridgehead atoms. The summed E-state index contributed by atoms with van der Waals surface area (Å²) in [7, 11) is 0. The van der Waals surface area contributed by atoms with Crippen LogP contribution in [0.4, 0.5) is 0 Å². The molecule has 1 atom stereocenters. The Morgan fingerprint density at radius 1 is 1.05 bits per heavy atom. The van der Waals surface area contributed by atoms with Gasteiger partial charge in [0.1, 0.15) is 0 Å². The van der Waals surface area contributed by atoms with E-state index in [0.29, 0.717) is 10.4 Å². The second-order valence-electron chi connectivity index (χ2n) is 4.76. The van der Waals surface area contributed by atoms with Crippen LogP contribution in [0.2, 0.25) is 0 Å². The summed E-state index contributed by atoms with van der Waals surface area (Å²) < 4.78 is 5.10. The summed E-state index contributed by atoms with van der Waals surface area (Å²) in [6, 6.07) is 12.2. The minimum Gasteiger partial charge on any atom is -0.454 e. The fraction of sp³-hybridized carbons (Fsp3) is 0.235. The van der Waals surface area contributed by atoms with Crippen molar-refractivity contribution in [1.29, 1.82) is 0 Å². The van der Waals surface area contributed by atoms with Crippen LogP contribution in [0.1, 0.15) is 39.8 Å². The molecule has 1 unspecified atom stereocenters. The molecule has 0 spiro atoms. The number of carbonyl (C=O) groups is 3. The normalized spacial score (nSPS) is 11.7. The van der Waals surface area contributed by atoms with Crippen LogP contribution in [0, 0.1) is 0 Å². The van der Waals surface area contributed by atoms with Gasteiger partial charge in [-0.25, -0.2) is 0 Å². The standard InChI is InChI=1S/C17H16O4S/c1-12(17(20)13-6-3-2-4-7-13)21-16(19)10-9-14(18)15-8-5-11-22-15/h2-8,11-12H,9-10H2,1H3. The van der Waals surface area contributed by atoms with E-state index in [-0.39, 0.29) is 24.4 Å². The van der Waals surface area contributed by atoms with Crippen molar-refractivity contribution in [3.05, 3.63) is 58.3 Å². The van der Waals surface area contributed by atoms with E-state index in [1.54, 1.807) is 36.4 Å². The molecular formula is C17H16O4S. The minimum atomic E-state index is -0.855. The molecular weight excluding hydrogens is 300 g/mol. The minimum absolute atomic E-state index is 0.0247. The Kier molecular flexibility index (Phi) is 5.61. The molecule has 114 valence electrons. The molecule has 2 rings (SSSR count). The Morgan fingerprint density at radius 2 is 1.77 bits per heavy atom. The van der Waals surface area contributed by atoms with E-state index in [9.17, 15) is 14.4 Å². The molecule has 0 saturated carbocycles. The van der Waals surface area contributed by atoms with Crippen LogP contribution in [0.3, 0.4) is 0 Å². The lowest BCUT2D eigenvalue weighted by Gasteiger charge is -2.12. The highest BCUT2D eigenvalue weighted by molar-refractivity contribution is 7.12. The zero-order valence-corrected chi connectivity index (χ0v) is 13.0. The molecule has 1 aromatic carbocycles. The lowest BCUT2D eigenvalue weighted by Crippen LogP contribution is -2.24. The molecule has 0 fully saturated rings. The van der Waals surface area contributed by atoms with E-state index in [4.69, 9.17) is 4.74 Å². The summed E-state index contributed by atoms with van der Waals surface area (Å²) in [6.07, 6.45) is -0.791. The fourth-order valence-corrected chi connectivity index (χ4v) is 2.62. The van der Waals surface area contributed by atoms with Crippen LogP contribution in [0.5, 0.6) is 0 Å². The van der Waals surface area contributed by atoms with E-state index >= 15 is 0 Å². The van der Waals surface area contributed by atoms with Gasteiger partial charge in [0.2, 0.25) is 5.78 Å². The Balaban J connectivity index is 1.81. The first-order chi connectivity index (χ1) is 10.6. The van der Waals surface area contributed by atoms with Gasteiger partial charge in [-0.3, -0.25) is 14.4 Å². The maximum atomic E-state index is 12.1. The number of ketones is 2. The van der Waals surface area contributed by atoms with Crippen LogP contribution in [0.25, 0.3) is 0 Å². The zero-order chi connectivity index (χ0) is 15.9. The van der Waals surface area contributed by atoms with Crippen LogP contribution in [-0.2, 0) is 9.53 Å². The van der Waals surface area contributed by atoms with Crippen molar-refractivity contribution in [3.63, 3.8) is 0 Å².